The first kappa shape index (κ1) is 17.7. The number of aromatic nitrogens is 1. The topological polar surface area (TPSA) is 74.0 Å². The minimum absolute atomic E-state index is 0.155. The van der Waals surface area contributed by atoms with Crippen molar-refractivity contribution in [3.63, 3.8) is 0 Å². The Kier molecular flexibility index (Phi) is 5.37. The summed E-state index contributed by atoms with van der Waals surface area (Å²) in [5, 5.41) is 0.820. The third-order valence-corrected chi connectivity index (χ3v) is 4.79. The summed E-state index contributed by atoms with van der Waals surface area (Å²) < 4.78 is 0. The van der Waals surface area contributed by atoms with Crippen LogP contribution in [0.3, 0.4) is 0 Å². The largest absolute Gasteiger partial charge is 0.360 e. The molecule has 0 saturated heterocycles. The van der Waals surface area contributed by atoms with Crippen LogP contribution in [0.1, 0.15) is 42.1 Å². The van der Waals surface area contributed by atoms with Crippen molar-refractivity contribution in [3.8, 4) is 0 Å². The van der Waals surface area contributed by atoms with Gasteiger partial charge in [0.05, 0.1) is 11.5 Å². The van der Waals surface area contributed by atoms with Crippen LogP contribution in [-0.2, 0) is 4.79 Å². The van der Waals surface area contributed by atoms with Gasteiger partial charge in [-0.3, -0.25) is 20.4 Å². The number of aromatic amines is 1. The lowest BCUT2D eigenvalue weighted by molar-refractivity contribution is -0.124. The molecule has 2 unspecified atom stereocenters. The average molecular weight is 349 g/mol. The molecule has 2 atom stereocenters. The van der Waals surface area contributed by atoms with Crippen molar-refractivity contribution < 1.29 is 9.59 Å². The standard InChI is InChI=1S/C21H23N3O2/c1-3-14(2)19(15-9-5-4-6-10-15)21(26)24-23-20(25)17-13-22-18-12-8-7-11-16(17)18/h4-14,19,22H,3H2,1-2H3,(H,23,25)(H,24,26). The highest BCUT2D eigenvalue weighted by Gasteiger charge is 2.26. The number of hydrogen-bond donors (Lipinski definition) is 3. The number of para-hydroxylation sites is 1. The maximum absolute atomic E-state index is 12.7. The first-order valence-electron chi connectivity index (χ1n) is 8.83. The van der Waals surface area contributed by atoms with E-state index in [1.54, 1.807) is 6.20 Å². The summed E-state index contributed by atoms with van der Waals surface area (Å²) in [4.78, 5) is 28.3. The summed E-state index contributed by atoms with van der Waals surface area (Å²) in [6.07, 6.45) is 2.51. The minimum Gasteiger partial charge on any atom is -0.360 e. The number of fused-ring (bicyclic) bond motifs is 1. The van der Waals surface area contributed by atoms with Crippen LogP contribution in [0.5, 0.6) is 0 Å². The van der Waals surface area contributed by atoms with E-state index in [0.29, 0.717) is 5.56 Å². The van der Waals surface area contributed by atoms with Gasteiger partial charge in [-0.15, -0.1) is 0 Å². The zero-order chi connectivity index (χ0) is 18.5. The third kappa shape index (κ3) is 3.61. The molecule has 0 spiro atoms. The van der Waals surface area contributed by atoms with Gasteiger partial charge in [-0.2, -0.15) is 0 Å². The van der Waals surface area contributed by atoms with Gasteiger partial charge in [0.25, 0.3) is 5.91 Å². The average Bonchev–Trinajstić information content (AvgIpc) is 3.11. The van der Waals surface area contributed by atoms with Gasteiger partial charge in [-0.1, -0.05) is 68.8 Å². The molecule has 0 radical (unpaired) electrons. The third-order valence-electron chi connectivity index (χ3n) is 4.79. The van der Waals surface area contributed by atoms with E-state index in [-0.39, 0.29) is 23.7 Å². The Hall–Kier alpha value is -3.08. The van der Waals surface area contributed by atoms with Crippen LogP contribution in [-0.4, -0.2) is 16.8 Å². The predicted molar refractivity (Wildman–Crippen MR) is 103 cm³/mol. The number of carbonyl (C=O) groups is 2. The van der Waals surface area contributed by atoms with Crippen LogP contribution < -0.4 is 10.9 Å². The molecular formula is C21H23N3O2. The molecule has 2 amide bonds. The second-order valence-electron chi connectivity index (χ2n) is 6.47. The van der Waals surface area contributed by atoms with Gasteiger partial charge >= 0.3 is 0 Å². The van der Waals surface area contributed by atoms with Crippen LogP contribution in [0.4, 0.5) is 0 Å². The molecule has 0 aliphatic rings. The van der Waals surface area contributed by atoms with Crippen molar-refractivity contribution in [3.05, 3.63) is 71.9 Å². The van der Waals surface area contributed by atoms with E-state index in [1.165, 1.54) is 0 Å². The Morgan fingerprint density at radius 3 is 2.42 bits per heavy atom. The molecule has 1 aromatic heterocycles. The number of nitrogens with one attached hydrogen (secondary N) is 3. The van der Waals surface area contributed by atoms with Gasteiger partial charge in [-0.25, -0.2) is 0 Å². The van der Waals surface area contributed by atoms with Crippen molar-refractivity contribution in [2.24, 2.45) is 5.92 Å². The maximum Gasteiger partial charge on any atom is 0.271 e. The Morgan fingerprint density at radius 1 is 1.00 bits per heavy atom. The lowest BCUT2D eigenvalue weighted by Crippen LogP contribution is -2.45. The summed E-state index contributed by atoms with van der Waals surface area (Å²) >= 11 is 0. The van der Waals surface area contributed by atoms with Crippen LogP contribution in [0.2, 0.25) is 0 Å². The predicted octanol–water partition coefficient (Wildman–Crippen LogP) is 3.76. The molecule has 3 N–H and O–H groups in total. The molecule has 5 nitrogen and oxygen atoms in total. The zero-order valence-corrected chi connectivity index (χ0v) is 15.0. The molecule has 26 heavy (non-hydrogen) atoms. The van der Waals surface area contributed by atoms with Crippen LogP contribution in [0.25, 0.3) is 10.9 Å². The fourth-order valence-corrected chi connectivity index (χ4v) is 3.16. The highest BCUT2D eigenvalue weighted by atomic mass is 16.2. The van der Waals surface area contributed by atoms with Crippen molar-refractivity contribution in [2.45, 2.75) is 26.2 Å². The number of H-pyrrole nitrogens is 1. The molecule has 3 rings (SSSR count). The van der Waals surface area contributed by atoms with Crippen LogP contribution >= 0.6 is 0 Å². The quantitative estimate of drug-likeness (QED) is 0.614. The van der Waals surface area contributed by atoms with Crippen molar-refractivity contribution in [1.29, 1.82) is 0 Å². The fourth-order valence-electron chi connectivity index (χ4n) is 3.16. The summed E-state index contributed by atoms with van der Waals surface area (Å²) in [6, 6.07) is 17.2. The van der Waals surface area contributed by atoms with E-state index in [9.17, 15) is 9.59 Å². The van der Waals surface area contributed by atoms with E-state index in [4.69, 9.17) is 0 Å². The molecular weight excluding hydrogens is 326 g/mol. The number of benzene rings is 2. The van der Waals surface area contributed by atoms with Gasteiger partial charge in [0.15, 0.2) is 0 Å². The molecule has 0 aliphatic heterocycles. The molecule has 1 heterocycles. The SMILES string of the molecule is CCC(C)C(C(=O)NNC(=O)c1c[nH]c2ccccc12)c1ccccc1. The summed E-state index contributed by atoms with van der Waals surface area (Å²) in [7, 11) is 0. The molecule has 5 heteroatoms. The van der Waals surface area contributed by atoms with Crippen molar-refractivity contribution in [2.75, 3.05) is 0 Å². The summed E-state index contributed by atoms with van der Waals surface area (Å²) in [5.74, 6) is -0.711. The van der Waals surface area contributed by atoms with Crippen molar-refractivity contribution >= 4 is 22.7 Å². The molecule has 0 bridgehead atoms. The van der Waals surface area contributed by atoms with Crippen LogP contribution in [0, 0.1) is 5.92 Å². The summed E-state index contributed by atoms with van der Waals surface area (Å²) in [5.41, 5.74) is 7.47. The first-order valence-corrected chi connectivity index (χ1v) is 8.83. The van der Waals surface area contributed by atoms with E-state index in [1.807, 2.05) is 61.5 Å². The number of carbonyl (C=O) groups excluding carboxylic acids is 2. The van der Waals surface area contributed by atoms with Gasteiger partial charge in [0.1, 0.15) is 0 Å². The molecule has 0 aliphatic carbocycles. The number of amides is 2. The normalized spacial score (nSPS) is 13.2. The Labute approximate surface area is 152 Å². The highest BCUT2D eigenvalue weighted by molar-refractivity contribution is 6.07. The Balaban J connectivity index is 1.73. The smallest absolute Gasteiger partial charge is 0.271 e. The molecule has 134 valence electrons. The Bertz CT molecular complexity index is 902. The fraction of sp³-hybridized carbons (Fsp3) is 0.238. The van der Waals surface area contributed by atoms with E-state index >= 15 is 0 Å². The molecule has 0 fully saturated rings. The van der Waals surface area contributed by atoms with Crippen molar-refractivity contribution in [1.82, 2.24) is 15.8 Å². The molecule has 0 saturated carbocycles. The van der Waals surface area contributed by atoms with Gasteiger partial charge < -0.3 is 4.98 Å². The van der Waals surface area contributed by atoms with Gasteiger partial charge in [0.2, 0.25) is 5.91 Å². The lowest BCUT2D eigenvalue weighted by Gasteiger charge is -2.22. The lowest BCUT2D eigenvalue weighted by atomic mass is 9.85. The summed E-state index contributed by atoms with van der Waals surface area (Å²) in [6.45, 7) is 4.09. The number of rotatable bonds is 5. The highest BCUT2D eigenvalue weighted by Crippen LogP contribution is 2.27. The number of hydrazine groups is 1. The van der Waals surface area contributed by atoms with Gasteiger partial charge in [-0.05, 0) is 17.5 Å². The maximum atomic E-state index is 12.7. The number of hydrogen-bond acceptors (Lipinski definition) is 2. The van der Waals surface area contributed by atoms with E-state index in [0.717, 1.165) is 22.9 Å². The second-order valence-corrected chi connectivity index (χ2v) is 6.47. The zero-order valence-electron chi connectivity index (χ0n) is 15.0. The second kappa shape index (κ2) is 7.87. The van der Waals surface area contributed by atoms with Crippen LogP contribution in [0.15, 0.2) is 60.8 Å². The Morgan fingerprint density at radius 2 is 1.69 bits per heavy atom. The first-order chi connectivity index (χ1) is 12.6. The molecule has 2 aromatic carbocycles. The van der Waals surface area contributed by atoms with E-state index in [2.05, 4.69) is 22.8 Å². The monoisotopic (exact) mass is 349 g/mol. The molecule has 3 aromatic rings. The van der Waals surface area contributed by atoms with Gasteiger partial charge in [0, 0.05) is 17.1 Å². The van der Waals surface area contributed by atoms with E-state index < -0.39 is 0 Å². The minimum atomic E-state index is -0.341.